The average molecular weight is 182 g/mol. The number of thiocarbonyl (C=S) groups is 1. The monoisotopic (exact) mass is 182 g/mol. The summed E-state index contributed by atoms with van der Waals surface area (Å²) in [5, 5.41) is 0. The lowest BCUT2D eigenvalue weighted by molar-refractivity contribution is 0.415. The molecule has 12 heavy (non-hydrogen) atoms. The Morgan fingerprint density at radius 1 is 1.50 bits per heavy atom. The molecule has 0 aliphatic carbocycles. The summed E-state index contributed by atoms with van der Waals surface area (Å²) >= 11 is 4.79. The van der Waals surface area contributed by atoms with Crippen LogP contribution in [0.1, 0.15) is 5.56 Å². The van der Waals surface area contributed by atoms with E-state index < -0.39 is 0 Å². The summed E-state index contributed by atoms with van der Waals surface area (Å²) in [5.41, 5.74) is 12.3. The number of rotatable bonds is 2. The fourth-order valence-corrected chi connectivity index (χ4v) is 1.08. The van der Waals surface area contributed by atoms with Crippen LogP contribution in [0.5, 0.6) is 5.75 Å². The van der Waals surface area contributed by atoms with E-state index >= 15 is 0 Å². The van der Waals surface area contributed by atoms with Gasteiger partial charge in [-0.3, -0.25) is 0 Å². The lowest BCUT2D eigenvalue weighted by atomic mass is 10.2. The molecular weight excluding hydrogens is 172 g/mol. The maximum Gasteiger partial charge on any atom is 0.120 e. The summed E-state index contributed by atoms with van der Waals surface area (Å²) in [5.74, 6) is 0.701. The van der Waals surface area contributed by atoms with Crippen LogP contribution in [0, 0.1) is 0 Å². The third-order valence-electron chi connectivity index (χ3n) is 1.52. The fraction of sp³-hybridized carbons (Fsp3) is 0.125. The Bertz CT molecular complexity index is 312. The molecule has 0 aliphatic heterocycles. The third-order valence-corrected chi connectivity index (χ3v) is 1.74. The largest absolute Gasteiger partial charge is 0.497 e. The molecule has 0 saturated heterocycles. The maximum atomic E-state index is 5.65. The molecule has 0 spiro atoms. The number of hydrogen-bond donors (Lipinski definition) is 2. The van der Waals surface area contributed by atoms with Crippen LogP contribution in [-0.2, 0) is 0 Å². The molecule has 0 saturated carbocycles. The van der Waals surface area contributed by atoms with Gasteiger partial charge in [0.15, 0.2) is 0 Å². The topological polar surface area (TPSA) is 61.3 Å². The molecule has 0 aromatic heterocycles. The van der Waals surface area contributed by atoms with Crippen LogP contribution < -0.4 is 16.2 Å². The van der Waals surface area contributed by atoms with Crippen LogP contribution in [0.2, 0.25) is 0 Å². The molecule has 4 heteroatoms. The van der Waals surface area contributed by atoms with Gasteiger partial charge < -0.3 is 16.2 Å². The second-order valence-corrected chi connectivity index (χ2v) is 2.76. The minimum absolute atomic E-state index is 0.301. The first-order valence-electron chi connectivity index (χ1n) is 3.38. The molecule has 0 bridgehead atoms. The van der Waals surface area contributed by atoms with Crippen LogP contribution in [-0.4, -0.2) is 12.1 Å². The molecular formula is C8H10N2OS. The van der Waals surface area contributed by atoms with Crippen molar-refractivity contribution in [3.63, 3.8) is 0 Å². The van der Waals surface area contributed by atoms with E-state index in [9.17, 15) is 0 Å². The molecule has 0 aliphatic rings. The minimum atomic E-state index is 0.301. The standard InChI is InChI=1S/C8H10N2OS/c1-11-5-2-3-6(8(10)12)7(9)4-5/h2-4H,9H2,1H3,(H2,10,12). The lowest BCUT2D eigenvalue weighted by Gasteiger charge is -2.05. The minimum Gasteiger partial charge on any atom is -0.497 e. The van der Waals surface area contributed by atoms with Crippen LogP contribution in [0.3, 0.4) is 0 Å². The predicted molar refractivity (Wildman–Crippen MR) is 53.3 cm³/mol. The summed E-state index contributed by atoms with van der Waals surface area (Å²) in [6, 6.07) is 5.20. The van der Waals surface area contributed by atoms with Gasteiger partial charge in [0.2, 0.25) is 0 Å². The molecule has 0 unspecified atom stereocenters. The molecule has 64 valence electrons. The Morgan fingerprint density at radius 3 is 2.58 bits per heavy atom. The predicted octanol–water partition coefficient (Wildman–Crippen LogP) is 0.912. The van der Waals surface area contributed by atoms with E-state index in [4.69, 9.17) is 28.4 Å². The zero-order valence-corrected chi connectivity index (χ0v) is 7.52. The van der Waals surface area contributed by atoms with Gasteiger partial charge in [0.25, 0.3) is 0 Å². The van der Waals surface area contributed by atoms with Crippen molar-refractivity contribution in [1.29, 1.82) is 0 Å². The van der Waals surface area contributed by atoms with E-state index in [1.54, 1.807) is 25.3 Å². The van der Waals surface area contributed by atoms with Crippen molar-refractivity contribution >= 4 is 22.9 Å². The van der Waals surface area contributed by atoms with Crippen molar-refractivity contribution in [1.82, 2.24) is 0 Å². The molecule has 3 nitrogen and oxygen atoms in total. The number of hydrogen-bond acceptors (Lipinski definition) is 3. The quantitative estimate of drug-likeness (QED) is 0.527. The molecule has 1 aromatic rings. The Balaban J connectivity index is 3.12. The van der Waals surface area contributed by atoms with Crippen LogP contribution in [0.25, 0.3) is 0 Å². The van der Waals surface area contributed by atoms with Crippen LogP contribution >= 0.6 is 12.2 Å². The number of anilines is 1. The van der Waals surface area contributed by atoms with Crippen LogP contribution in [0.4, 0.5) is 5.69 Å². The highest BCUT2D eigenvalue weighted by Crippen LogP contribution is 2.19. The molecule has 0 fully saturated rings. The highest BCUT2D eigenvalue weighted by Gasteiger charge is 2.02. The van der Waals surface area contributed by atoms with Crippen molar-refractivity contribution < 1.29 is 4.74 Å². The number of nitrogen functional groups attached to an aromatic ring is 1. The maximum absolute atomic E-state index is 5.65. The van der Waals surface area contributed by atoms with Gasteiger partial charge in [0.1, 0.15) is 10.7 Å². The van der Waals surface area contributed by atoms with Crippen molar-refractivity contribution in [2.24, 2.45) is 5.73 Å². The highest BCUT2D eigenvalue weighted by atomic mass is 32.1. The van der Waals surface area contributed by atoms with Crippen molar-refractivity contribution in [3.8, 4) is 5.75 Å². The van der Waals surface area contributed by atoms with Gasteiger partial charge >= 0.3 is 0 Å². The van der Waals surface area contributed by atoms with Crippen molar-refractivity contribution in [3.05, 3.63) is 23.8 Å². The van der Waals surface area contributed by atoms with Gasteiger partial charge in [0, 0.05) is 17.3 Å². The zero-order chi connectivity index (χ0) is 9.14. The molecule has 4 N–H and O–H groups in total. The lowest BCUT2D eigenvalue weighted by Crippen LogP contribution is -2.11. The van der Waals surface area contributed by atoms with Gasteiger partial charge in [-0.15, -0.1) is 0 Å². The van der Waals surface area contributed by atoms with Gasteiger partial charge in [-0.05, 0) is 12.1 Å². The summed E-state index contributed by atoms with van der Waals surface area (Å²) < 4.78 is 4.97. The summed E-state index contributed by atoms with van der Waals surface area (Å²) in [6.07, 6.45) is 0. The Hall–Kier alpha value is -1.29. The van der Waals surface area contributed by atoms with Gasteiger partial charge in [-0.25, -0.2) is 0 Å². The Kier molecular flexibility index (Phi) is 2.50. The summed E-state index contributed by atoms with van der Waals surface area (Å²) in [6.45, 7) is 0. The van der Waals surface area contributed by atoms with Crippen molar-refractivity contribution in [2.75, 3.05) is 12.8 Å². The zero-order valence-electron chi connectivity index (χ0n) is 6.70. The van der Waals surface area contributed by atoms with Gasteiger partial charge in [-0.2, -0.15) is 0 Å². The first kappa shape index (κ1) is 8.80. The smallest absolute Gasteiger partial charge is 0.120 e. The first-order valence-corrected chi connectivity index (χ1v) is 3.79. The Labute approximate surface area is 76.3 Å². The normalized spacial score (nSPS) is 9.42. The fourth-order valence-electron chi connectivity index (χ4n) is 0.892. The summed E-state index contributed by atoms with van der Waals surface area (Å²) in [4.78, 5) is 0.301. The third kappa shape index (κ3) is 1.65. The average Bonchev–Trinajstić information content (AvgIpc) is 2.03. The number of nitrogens with two attached hydrogens (primary N) is 2. The highest BCUT2D eigenvalue weighted by molar-refractivity contribution is 7.80. The van der Waals surface area contributed by atoms with E-state index in [2.05, 4.69) is 0 Å². The van der Waals surface area contributed by atoms with E-state index in [0.29, 0.717) is 22.0 Å². The first-order chi connectivity index (χ1) is 5.65. The number of methoxy groups -OCH3 is 1. The summed E-state index contributed by atoms with van der Waals surface area (Å²) in [7, 11) is 1.58. The molecule has 0 radical (unpaired) electrons. The van der Waals surface area contributed by atoms with Gasteiger partial charge in [-0.1, -0.05) is 12.2 Å². The van der Waals surface area contributed by atoms with Gasteiger partial charge in [0.05, 0.1) is 7.11 Å². The van der Waals surface area contributed by atoms with E-state index in [1.165, 1.54) is 0 Å². The van der Waals surface area contributed by atoms with E-state index in [0.717, 1.165) is 0 Å². The molecule has 1 rings (SSSR count). The van der Waals surface area contributed by atoms with E-state index in [-0.39, 0.29) is 0 Å². The second kappa shape index (κ2) is 3.40. The van der Waals surface area contributed by atoms with Crippen molar-refractivity contribution in [2.45, 2.75) is 0 Å². The number of ether oxygens (including phenoxy) is 1. The Morgan fingerprint density at radius 2 is 2.17 bits per heavy atom. The molecule has 1 aromatic carbocycles. The molecule has 0 amide bonds. The molecule has 0 heterocycles. The molecule has 0 atom stereocenters. The van der Waals surface area contributed by atoms with E-state index in [1.807, 2.05) is 0 Å². The SMILES string of the molecule is COc1ccc(C(N)=S)c(N)c1. The number of benzene rings is 1. The second-order valence-electron chi connectivity index (χ2n) is 2.32. The van der Waals surface area contributed by atoms with Crippen LogP contribution in [0.15, 0.2) is 18.2 Å².